The minimum absolute atomic E-state index is 0.266. The van der Waals surface area contributed by atoms with Crippen LogP contribution in [0, 0.1) is 5.92 Å². The summed E-state index contributed by atoms with van der Waals surface area (Å²) >= 11 is 8.05. The van der Waals surface area contributed by atoms with Gasteiger partial charge in [-0.3, -0.25) is 0 Å². The molecule has 66 heavy (non-hydrogen) atoms. The zero-order valence-corrected chi connectivity index (χ0v) is 39.7. The highest BCUT2D eigenvalue weighted by Gasteiger charge is 2.36. The molecule has 11 aromatic rings. The maximum absolute atomic E-state index is 2.59. The van der Waals surface area contributed by atoms with Crippen LogP contribution in [-0.2, 0) is 11.8 Å². The van der Waals surface area contributed by atoms with Crippen LogP contribution in [0.25, 0.3) is 96.2 Å². The summed E-state index contributed by atoms with van der Waals surface area (Å²) in [5, 5.41) is 8.42. The minimum atomic E-state index is -0.266. The Morgan fingerprint density at radius 3 is 2.14 bits per heavy atom. The Balaban J connectivity index is 0.923. The Labute approximate surface area is 398 Å². The lowest BCUT2D eigenvalue weighted by Gasteiger charge is -2.33. The fourth-order valence-electron chi connectivity index (χ4n) is 11.8. The van der Waals surface area contributed by atoms with Gasteiger partial charge in [-0.1, -0.05) is 123 Å². The van der Waals surface area contributed by atoms with Gasteiger partial charge < -0.3 is 9.13 Å². The van der Waals surface area contributed by atoms with E-state index in [-0.39, 0.29) is 5.41 Å². The standard InChI is InChI=1S/C60H42N2S4/c1-34-19-26-53-47(27-34)59-58(64-53)44-23-20-35(29-54(44)65-59)36-28-39(33-60(2,32-36)37-21-24-45-55(30-37)66-56-43-14-6-10-18-52(43)63-57(45)56)62-50-17-9-5-13-42(50)46-31-38(22-25-51(46)62)61-48-15-7-3-11-40(48)41-12-4-8-16-49(41)61/h3-26,28-31,33-34,43,52H,27,32H2,1-2H3. The van der Waals surface area contributed by atoms with Gasteiger partial charge in [0.15, 0.2) is 0 Å². The largest absolute Gasteiger partial charge is 0.310 e. The molecular weight excluding hydrogens is 877 g/mol. The third kappa shape index (κ3) is 5.41. The van der Waals surface area contributed by atoms with E-state index in [0.29, 0.717) is 17.1 Å². The molecule has 0 bridgehead atoms. The van der Waals surface area contributed by atoms with E-state index in [2.05, 4.69) is 211 Å². The summed E-state index contributed by atoms with van der Waals surface area (Å²) in [7, 11) is 0. The van der Waals surface area contributed by atoms with Gasteiger partial charge in [0.25, 0.3) is 0 Å². The number of hydrogen-bond donors (Lipinski definition) is 0. The van der Waals surface area contributed by atoms with E-state index in [1.165, 1.54) is 116 Å². The summed E-state index contributed by atoms with van der Waals surface area (Å²) < 4.78 is 10.7. The minimum Gasteiger partial charge on any atom is -0.310 e. The number of rotatable bonds is 4. The Kier molecular flexibility index (Phi) is 8.03. The van der Waals surface area contributed by atoms with Gasteiger partial charge in [-0.25, -0.2) is 0 Å². The smallest absolute Gasteiger partial charge is 0.0542 e. The van der Waals surface area contributed by atoms with Crippen molar-refractivity contribution in [3.05, 3.63) is 196 Å². The Bertz CT molecular complexity index is 4040. The molecule has 6 heteroatoms. The fraction of sp³-hybridized carbons (Fsp3) is 0.133. The summed E-state index contributed by atoms with van der Waals surface area (Å²) in [5.74, 6) is 1.06. The van der Waals surface area contributed by atoms with Crippen LogP contribution in [0.4, 0.5) is 0 Å². The van der Waals surface area contributed by atoms with Gasteiger partial charge in [0.1, 0.15) is 0 Å². The van der Waals surface area contributed by atoms with Crippen molar-refractivity contribution in [3.63, 3.8) is 0 Å². The van der Waals surface area contributed by atoms with E-state index < -0.39 is 0 Å². The summed E-state index contributed by atoms with van der Waals surface area (Å²) in [6.45, 7) is 4.83. The molecule has 4 atom stereocenters. The number of hydrogen-bond acceptors (Lipinski definition) is 4. The van der Waals surface area contributed by atoms with Crippen molar-refractivity contribution in [1.29, 1.82) is 0 Å². The second-order valence-corrected chi connectivity index (χ2v) is 23.5. The zero-order chi connectivity index (χ0) is 43.4. The molecule has 0 N–H and O–H groups in total. The lowest BCUT2D eigenvalue weighted by Crippen LogP contribution is -2.23. The topological polar surface area (TPSA) is 9.86 Å². The van der Waals surface area contributed by atoms with Crippen molar-refractivity contribution in [2.24, 2.45) is 5.92 Å². The zero-order valence-electron chi connectivity index (χ0n) is 36.4. The van der Waals surface area contributed by atoms with E-state index >= 15 is 0 Å². The van der Waals surface area contributed by atoms with E-state index in [1.54, 1.807) is 5.56 Å². The molecular formula is C60H42N2S4. The second kappa shape index (κ2) is 13.9. The van der Waals surface area contributed by atoms with Crippen LogP contribution in [0.2, 0.25) is 0 Å². The summed E-state index contributed by atoms with van der Waals surface area (Å²) in [5.41, 5.74) is 12.7. The van der Waals surface area contributed by atoms with Crippen LogP contribution in [-0.4, -0.2) is 14.4 Å². The van der Waals surface area contributed by atoms with Gasteiger partial charge in [-0.2, -0.15) is 0 Å². The van der Waals surface area contributed by atoms with Crippen molar-refractivity contribution >= 4 is 136 Å². The van der Waals surface area contributed by atoms with Gasteiger partial charge in [0.2, 0.25) is 0 Å². The highest BCUT2D eigenvalue weighted by Crippen LogP contribution is 2.56. The first-order valence-corrected chi connectivity index (χ1v) is 26.5. The average molecular weight is 919 g/mol. The first kappa shape index (κ1) is 38.0. The summed E-state index contributed by atoms with van der Waals surface area (Å²) in [4.78, 5) is 4.47. The number of thioether (sulfide) groups is 1. The molecule has 0 saturated heterocycles. The van der Waals surface area contributed by atoms with Gasteiger partial charge in [0, 0.05) is 84.3 Å². The maximum atomic E-state index is 2.59. The lowest BCUT2D eigenvalue weighted by molar-refractivity contribution is 0.610. The predicted molar refractivity (Wildman–Crippen MR) is 290 cm³/mol. The summed E-state index contributed by atoms with van der Waals surface area (Å²) in [6, 6.07) is 48.6. The van der Waals surface area contributed by atoms with Crippen LogP contribution in [0.15, 0.2) is 175 Å². The molecule has 4 aliphatic rings. The number of fused-ring (bicyclic) bond motifs is 16. The number of aromatic nitrogens is 2. The van der Waals surface area contributed by atoms with Gasteiger partial charge in [-0.15, -0.1) is 45.8 Å². The van der Waals surface area contributed by atoms with E-state index in [4.69, 9.17) is 0 Å². The number of nitrogens with zero attached hydrogens (tertiary/aromatic N) is 2. The van der Waals surface area contributed by atoms with Crippen LogP contribution in [0.1, 0.15) is 52.6 Å². The molecule has 316 valence electrons. The third-order valence-electron chi connectivity index (χ3n) is 15.0. The van der Waals surface area contributed by atoms with Crippen molar-refractivity contribution < 1.29 is 0 Å². The van der Waals surface area contributed by atoms with Gasteiger partial charge in [-0.05, 0) is 108 Å². The quantitative estimate of drug-likeness (QED) is 0.171. The fourth-order valence-corrected chi connectivity index (χ4v) is 17.6. The highest BCUT2D eigenvalue weighted by atomic mass is 32.2. The normalized spacial score (nSPS) is 21.2. The SMILES string of the molecule is CC1C=Cc2sc3c(sc4cc(C5=CC(n6c7ccccc7c7cc(-n8c9ccccc9c9ccccc98)ccc76)=CC(C)(c6ccc7c8c(sc7c6)C6C=CC=CC6S8)C5)ccc43)c2C1. The van der Waals surface area contributed by atoms with Gasteiger partial charge >= 0.3 is 0 Å². The van der Waals surface area contributed by atoms with Crippen molar-refractivity contribution in [3.8, 4) is 5.69 Å². The molecule has 0 amide bonds. The van der Waals surface area contributed by atoms with Crippen LogP contribution in [0.3, 0.4) is 0 Å². The Hall–Kier alpha value is -6.15. The average Bonchev–Trinajstić information content (AvgIpc) is 4.19. The molecule has 6 aromatic carbocycles. The highest BCUT2D eigenvalue weighted by molar-refractivity contribution is 8.01. The van der Waals surface area contributed by atoms with Crippen molar-refractivity contribution in [2.75, 3.05) is 0 Å². The van der Waals surface area contributed by atoms with Crippen molar-refractivity contribution in [2.45, 2.75) is 48.2 Å². The molecule has 0 saturated carbocycles. The predicted octanol–water partition coefficient (Wildman–Crippen LogP) is 17.7. The second-order valence-electron chi connectivity index (χ2n) is 19.1. The van der Waals surface area contributed by atoms with Crippen LogP contribution in [0.5, 0.6) is 0 Å². The molecule has 6 heterocycles. The molecule has 4 unspecified atom stereocenters. The van der Waals surface area contributed by atoms with Crippen molar-refractivity contribution in [1.82, 2.24) is 9.13 Å². The van der Waals surface area contributed by atoms with E-state index in [0.717, 1.165) is 12.8 Å². The number of allylic oxidation sites excluding steroid dienone is 8. The number of para-hydroxylation sites is 3. The number of benzene rings is 6. The first-order chi connectivity index (χ1) is 32.4. The molecule has 0 spiro atoms. The monoisotopic (exact) mass is 918 g/mol. The molecule has 3 aliphatic carbocycles. The summed E-state index contributed by atoms with van der Waals surface area (Å²) in [6.07, 6.45) is 21.1. The van der Waals surface area contributed by atoms with Crippen LogP contribution >= 0.6 is 45.8 Å². The molecule has 1 aliphatic heterocycles. The Morgan fingerprint density at radius 1 is 0.606 bits per heavy atom. The van der Waals surface area contributed by atoms with E-state index in [9.17, 15) is 0 Å². The maximum Gasteiger partial charge on any atom is 0.0542 e. The third-order valence-corrected chi connectivity index (χ3v) is 20.3. The molecule has 0 fully saturated rings. The first-order valence-electron chi connectivity index (χ1n) is 23.1. The van der Waals surface area contributed by atoms with Gasteiger partial charge in [0.05, 0.1) is 31.5 Å². The number of thiophene rings is 3. The molecule has 5 aromatic heterocycles. The molecule has 0 radical (unpaired) electrons. The van der Waals surface area contributed by atoms with E-state index in [1.807, 2.05) is 34.0 Å². The van der Waals surface area contributed by atoms with Crippen LogP contribution < -0.4 is 0 Å². The Morgan fingerprint density at radius 2 is 1.32 bits per heavy atom. The molecule has 15 rings (SSSR count). The molecule has 2 nitrogen and oxygen atoms in total. The lowest BCUT2D eigenvalue weighted by atomic mass is 9.72.